The van der Waals surface area contributed by atoms with Crippen molar-refractivity contribution in [2.45, 2.75) is 12.8 Å². The van der Waals surface area contributed by atoms with E-state index in [4.69, 9.17) is 4.74 Å². The molecule has 0 atom stereocenters. The second-order valence-corrected chi connectivity index (χ2v) is 9.02. The van der Waals surface area contributed by atoms with Crippen LogP contribution in [0.1, 0.15) is 43.1 Å². The van der Waals surface area contributed by atoms with Gasteiger partial charge in [-0.25, -0.2) is 0 Å². The summed E-state index contributed by atoms with van der Waals surface area (Å²) in [5, 5.41) is 2.87. The Morgan fingerprint density at radius 3 is 2.39 bits per heavy atom. The molecule has 2 aromatic rings. The highest BCUT2D eigenvalue weighted by molar-refractivity contribution is 6.22. The van der Waals surface area contributed by atoms with Gasteiger partial charge in [-0.3, -0.25) is 29.0 Å². The Bertz CT molecular complexity index is 1110. The highest BCUT2D eigenvalue weighted by Gasteiger charge is 2.36. The lowest BCUT2D eigenvalue weighted by atomic mass is 10.0. The number of benzene rings is 2. The van der Waals surface area contributed by atoms with Gasteiger partial charge in [0.25, 0.3) is 17.7 Å². The summed E-state index contributed by atoms with van der Waals surface area (Å²) in [7, 11) is 1.63. The first-order chi connectivity index (χ1) is 17.5. The fourth-order valence-corrected chi connectivity index (χ4v) is 4.51. The van der Waals surface area contributed by atoms with E-state index in [9.17, 15) is 19.2 Å². The second kappa shape index (κ2) is 11.9. The summed E-state index contributed by atoms with van der Waals surface area (Å²) in [5.41, 5.74) is 2.06. The van der Waals surface area contributed by atoms with E-state index >= 15 is 0 Å². The van der Waals surface area contributed by atoms with Crippen LogP contribution in [0.5, 0.6) is 0 Å². The summed E-state index contributed by atoms with van der Waals surface area (Å²) in [6, 6.07) is 14.4. The van der Waals surface area contributed by atoms with E-state index in [-0.39, 0.29) is 29.2 Å². The van der Waals surface area contributed by atoms with Crippen LogP contribution in [0.2, 0.25) is 0 Å². The molecule has 2 heterocycles. The fourth-order valence-electron chi connectivity index (χ4n) is 4.51. The number of piperazine rings is 1. The molecule has 0 aromatic heterocycles. The third-order valence-corrected chi connectivity index (χ3v) is 6.56. The first-order valence-electron chi connectivity index (χ1n) is 12.3. The van der Waals surface area contributed by atoms with Gasteiger partial charge in [-0.15, -0.1) is 0 Å². The topological polar surface area (TPSA) is 99.3 Å². The molecule has 2 aromatic carbocycles. The maximum atomic E-state index is 13.1. The van der Waals surface area contributed by atoms with Gasteiger partial charge in [0.2, 0.25) is 5.91 Å². The number of carbonyl (C=O) groups excluding carboxylic acids is 4. The van der Waals surface area contributed by atoms with Crippen molar-refractivity contribution in [2.75, 3.05) is 59.5 Å². The van der Waals surface area contributed by atoms with Crippen molar-refractivity contribution in [3.8, 4) is 0 Å². The molecule has 4 amide bonds. The molecule has 2 aliphatic rings. The normalized spacial score (nSPS) is 15.8. The van der Waals surface area contributed by atoms with Crippen LogP contribution < -0.4 is 5.32 Å². The Kier molecular flexibility index (Phi) is 8.45. The number of ether oxygens (including phenoxy) is 1. The SMILES string of the molecule is COCCCNC(=O)CN1CCN(C(=O)c2ccc3c(c2)C(=O)N(CCc2ccccc2)C3=O)CC1. The molecule has 2 aliphatic heterocycles. The van der Waals surface area contributed by atoms with Crippen molar-refractivity contribution >= 4 is 23.6 Å². The van der Waals surface area contributed by atoms with Gasteiger partial charge in [0.15, 0.2) is 0 Å². The summed E-state index contributed by atoms with van der Waals surface area (Å²) in [5.74, 6) is -0.894. The Morgan fingerprint density at radius 2 is 1.67 bits per heavy atom. The molecule has 0 bridgehead atoms. The minimum Gasteiger partial charge on any atom is -0.385 e. The van der Waals surface area contributed by atoms with Crippen LogP contribution in [0, 0.1) is 0 Å². The molecule has 1 fully saturated rings. The zero-order valence-corrected chi connectivity index (χ0v) is 20.6. The number of carbonyl (C=O) groups is 4. The van der Waals surface area contributed by atoms with Gasteiger partial charge in [0.1, 0.15) is 0 Å². The van der Waals surface area contributed by atoms with Gasteiger partial charge < -0.3 is 15.0 Å². The van der Waals surface area contributed by atoms with Crippen molar-refractivity contribution in [2.24, 2.45) is 0 Å². The van der Waals surface area contributed by atoms with Crippen LogP contribution in [0.4, 0.5) is 0 Å². The molecular formula is C27H32N4O5. The molecular weight excluding hydrogens is 460 g/mol. The summed E-state index contributed by atoms with van der Waals surface area (Å²) in [6.07, 6.45) is 1.34. The number of imide groups is 1. The van der Waals surface area contributed by atoms with E-state index in [0.717, 1.165) is 12.0 Å². The summed E-state index contributed by atoms with van der Waals surface area (Å²) >= 11 is 0. The monoisotopic (exact) mass is 492 g/mol. The Labute approximate surface area is 211 Å². The number of nitrogens with one attached hydrogen (secondary N) is 1. The zero-order valence-electron chi connectivity index (χ0n) is 20.6. The van der Waals surface area contributed by atoms with Crippen LogP contribution in [-0.2, 0) is 16.0 Å². The lowest BCUT2D eigenvalue weighted by Gasteiger charge is -2.34. The fraction of sp³-hybridized carbons (Fsp3) is 0.407. The molecule has 0 spiro atoms. The van der Waals surface area contributed by atoms with E-state index in [0.29, 0.717) is 70.0 Å². The number of hydrogen-bond acceptors (Lipinski definition) is 6. The first kappa shape index (κ1) is 25.5. The lowest BCUT2D eigenvalue weighted by molar-refractivity contribution is -0.122. The van der Waals surface area contributed by atoms with Gasteiger partial charge in [0, 0.05) is 58.5 Å². The summed E-state index contributed by atoms with van der Waals surface area (Å²) in [4.78, 5) is 56.0. The van der Waals surface area contributed by atoms with Crippen LogP contribution in [0.25, 0.3) is 0 Å². The lowest BCUT2D eigenvalue weighted by Crippen LogP contribution is -2.51. The third-order valence-electron chi connectivity index (χ3n) is 6.56. The molecule has 9 heteroatoms. The summed E-state index contributed by atoms with van der Waals surface area (Å²) in [6.45, 7) is 3.93. The molecule has 0 saturated carbocycles. The number of nitrogens with zero attached hydrogens (tertiary/aromatic N) is 3. The smallest absolute Gasteiger partial charge is 0.261 e. The molecule has 4 rings (SSSR count). The van der Waals surface area contributed by atoms with E-state index in [2.05, 4.69) is 5.32 Å². The highest BCUT2D eigenvalue weighted by atomic mass is 16.5. The number of fused-ring (bicyclic) bond motifs is 1. The van der Waals surface area contributed by atoms with E-state index in [1.54, 1.807) is 30.2 Å². The number of methoxy groups -OCH3 is 1. The zero-order chi connectivity index (χ0) is 25.5. The minimum atomic E-state index is -0.359. The predicted octanol–water partition coefficient (Wildman–Crippen LogP) is 1.44. The van der Waals surface area contributed by atoms with Crippen molar-refractivity contribution < 1.29 is 23.9 Å². The second-order valence-electron chi connectivity index (χ2n) is 9.02. The molecule has 0 radical (unpaired) electrons. The molecule has 190 valence electrons. The molecule has 9 nitrogen and oxygen atoms in total. The maximum absolute atomic E-state index is 13.1. The van der Waals surface area contributed by atoms with Gasteiger partial charge in [-0.1, -0.05) is 30.3 Å². The van der Waals surface area contributed by atoms with E-state index in [1.807, 2.05) is 35.2 Å². The van der Waals surface area contributed by atoms with Crippen LogP contribution in [-0.4, -0.2) is 97.9 Å². The van der Waals surface area contributed by atoms with Crippen LogP contribution >= 0.6 is 0 Å². The van der Waals surface area contributed by atoms with Gasteiger partial charge in [-0.05, 0) is 36.6 Å². The minimum absolute atomic E-state index is 0.0375. The molecule has 1 saturated heterocycles. The Morgan fingerprint density at radius 1 is 0.944 bits per heavy atom. The Hall–Kier alpha value is -3.56. The summed E-state index contributed by atoms with van der Waals surface area (Å²) < 4.78 is 4.98. The molecule has 0 unspecified atom stereocenters. The number of rotatable bonds is 10. The standard InChI is InChI=1S/C27H32N4O5/c1-36-17-5-11-28-24(32)19-29-13-15-30(16-14-29)25(33)21-8-9-22-23(18-21)27(35)31(26(22)34)12-10-20-6-3-2-4-7-20/h2-4,6-9,18H,5,10-17,19H2,1H3,(H,28,32). The van der Waals surface area contributed by atoms with E-state index < -0.39 is 0 Å². The first-order valence-corrected chi connectivity index (χ1v) is 12.3. The quantitative estimate of drug-likeness (QED) is 0.398. The van der Waals surface area contributed by atoms with Gasteiger partial charge in [-0.2, -0.15) is 0 Å². The van der Waals surface area contributed by atoms with Crippen LogP contribution in [0.15, 0.2) is 48.5 Å². The largest absolute Gasteiger partial charge is 0.385 e. The van der Waals surface area contributed by atoms with Crippen molar-refractivity contribution in [3.05, 3.63) is 70.8 Å². The third kappa shape index (κ3) is 5.98. The van der Waals surface area contributed by atoms with Crippen molar-refractivity contribution in [1.82, 2.24) is 20.0 Å². The van der Waals surface area contributed by atoms with Crippen molar-refractivity contribution in [1.29, 1.82) is 0 Å². The van der Waals surface area contributed by atoms with Crippen molar-refractivity contribution in [3.63, 3.8) is 0 Å². The van der Waals surface area contributed by atoms with Gasteiger partial charge >= 0.3 is 0 Å². The Balaban J connectivity index is 1.30. The van der Waals surface area contributed by atoms with Crippen LogP contribution in [0.3, 0.4) is 0 Å². The maximum Gasteiger partial charge on any atom is 0.261 e. The average molecular weight is 493 g/mol. The predicted molar refractivity (Wildman–Crippen MR) is 134 cm³/mol. The number of amides is 4. The molecule has 1 N–H and O–H groups in total. The van der Waals surface area contributed by atoms with E-state index in [1.165, 1.54) is 4.90 Å². The van der Waals surface area contributed by atoms with Gasteiger partial charge in [0.05, 0.1) is 17.7 Å². The molecule has 36 heavy (non-hydrogen) atoms. The average Bonchev–Trinajstić information content (AvgIpc) is 3.14. The number of hydrogen-bond donors (Lipinski definition) is 1. The highest BCUT2D eigenvalue weighted by Crippen LogP contribution is 2.25. The molecule has 0 aliphatic carbocycles.